The fraction of sp³-hybridized carbons (Fsp3) is 0.467. The number of ether oxygens (including phenoxy) is 2. The second kappa shape index (κ2) is 6.41. The molecule has 1 saturated carbocycles. The van der Waals surface area contributed by atoms with Crippen LogP contribution in [0.25, 0.3) is 0 Å². The molecule has 1 aliphatic carbocycles. The molecule has 5 nitrogen and oxygen atoms in total. The number of hydrogen-bond acceptors (Lipinski definition) is 4. The van der Waals surface area contributed by atoms with E-state index in [0.717, 1.165) is 12.8 Å². The van der Waals surface area contributed by atoms with Gasteiger partial charge in [-0.1, -0.05) is 12.1 Å². The van der Waals surface area contributed by atoms with Crippen LogP contribution < -0.4 is 4.74 Å². The number of nitrogens with zero attached hydrogens (tertiary/aromatic N) is 1. The van der Waals surface area contributed by atoms with Crippen LogP contribution in [-0.2, 0) is 9.53 Å². The molecule has 1 aromatic carbocycles. The lowest BCUT2D eigenvalue weighted by Crippen LogP contribution is -2.38. The zero-order valence-corrected chi connectivity index (χ0v) is 11.8. The van der Waals surface area contributed by atoms with E-state index in [1.807, 2.05) is 6.07 Å². The average Bonchev–Trinajstić information content (AvgIpc) is 3.29. The smallest absolute Gasteiger partial charge is 0.325 e. The molecule has 5 heteroatoms. The summed E-state index contributed by atoms with van der Waals surface area (Å²) in [6.07, 6.45) is 1.86. The van der Waals surface area contributed by atoms with E-state index in [2.05, 4.69) is 0 Å². The third-order valence-electron chi connectivity index (χ3n) is 3.19. The SMILES string of the molecule is CCOC(=O)CN(C(=O)c1ccccc1OC)C1CC1. The normalized spacial score (nSPS) is 13.7. The average molecular weight is 277 g/mol. The van der Waals surface area contributed by atoms with Crippen molar-refractivity contribution >= 4 is 11.9 Å². The van der Waals surface area contributed by atoms with Crippen molar-refractivity contribution in [1.82, 2.24) is 4.90 Å². The molecule has 0 radical (unpaired) electrons. The first kappa shape index (κ1) is 14.4. The number of para-hydroxylation sites is 1. The highest BCUT2D eigenvalue weighted by Crippen LogP contribution is 2.30. The van der Waals surface area contributed by atoms with Crippen LogP contribution in [-0.4, -0.2) is 43.1 Å². The van der Waals surface area contributed by atoms with E-state index >= 15 is 0 Å². The largest absolute Gasteiger partial charge is 0.496 e. The topological polar surface area (TPSA) is 55.8 Å². The van der Waals surface area contributed by atoms with E-state index in [1.165, 1.54) is 7.11 Å². The molecule has 20 heavy (non-hydrogen) atoms. The summed E-state index contributed by atoms with van der Waals surface area (Å²) in [4.78, 5) is 25.8. The number of esters is 1. The molecule has 0 bridgehead atoms. The van der Waals surface area contributed by atoms with Gasteiger partial charge in [-0.05, 0) is 31.9 Å². The Morgan fingerprint density at radius 3 is 2.60 bits per heavy atom. The van der Waals surface area contributed by atoms with Gasteiger partial charge in [-0.2, -0.15) is 0 Å². The first-order valence-electron chi connectivity index (χ1n) is 6.77. The molecule has 0 unspecified atom stereocenters. The predicted molar refractivity (Wildman–Crippen MR) is 73.7 cm³/mol. The Hall–Kier alpha value is -2.04. The van der Waals surface area contributed by atoms with Crippen molar-refractivity contribution in [2.24, 2.45) is 0 Å². The molecule has 0 N–H and O–H groups in total. The van der Waals surface area contributed by atoms with Gasteiger partial charge < -0.3 is 14.4 Å². The summed E-state index contributed by atoms with van der Waals surface area (Å²) in [5, 5.41) is 0. The van der Waals surface area contributed by atoms with Crippen molar-refractivity contribution in [3.05, 3.63) is 29.8 Å². The van der Waals surface area contributed by atoms with Crippen LogP contribution in [0.15, 0.2) is 24.3 Å². The van der Waals surface area contributed by atoms with Crippen molar-refractivity contribution in [3.8, 4) is 5.75 Å². The van der Waals surface area contributed by atoms with Gasteiger partial charge in [0.15, 0.2) is 0 Å². The number of benzene rings is 1. The Morgan fingerprint density at radius 1 is 1.30 bits per heavy atom. The van der Waals surface area contributed by atoms with E-state index in [1.54, 1.807) is 30.0 Å². The standard InChI is InChI=1S/C15H19NO4/c1-3-20-14(17)10-16(11-8-9-11)15(18)12-6-4-5-7-13(12)19-2/h4-7,11H,3,8-10H2,1-2H3. The minimum Gasteiger partial charge on any atom is -0.496 e. The number of hydrogen-bond donors (Lipinski definition) is 0. The quantitative estimate of drug-likeness (QED) is 0.745. The third-order valence-corrected chi connectivity index (χ3v) is 3.19. The lowest BCUT2D eigenvalue weighted by Gasteiger charge is -2.22. The minimum absolute atomic E-state index is 0.00457. The van der Waals surface area contributed by atoms with E-state index in [0.29, 0.717) is 17.9 Å². The maximum Gasteiger partial charge on any atom is 0.325 e. The molecule has 0 heterocycles. The molecule has 108 valence electrons. The highest BCUT2D eigenvalue weighted by Gasteiger charge is 2.35. The zero-order valence-electron chi connectivity index (χ0n) is 11.8. The van der Waals surface area contributed by atoms with Crippen molar-refractivity contribution in [2.75, 3.05) is 20.3 Å². The number of rotatable bonds is 6. The summed E-state index contributed by atoms with van der Waals surface area (Å²) < 4.78 is 10.1. The van der Waals surface area contributed by atoms with Crippen molar-refractivity contribution < 1.29 is 19.1 Å². The van der Waals surface area contributed by atoms with Crippen LogP contribution in [0.3, 0.4) is 0 Å². The molecule has 2 rings (SSSR count). The Kier molecular flexibility index (Phi) is 4.61. The Labute approximate surface area is 118 Å². The lowest BCUT2D eigenvalue weighted by atomic mass is 10.1. The molecule has 1 fully saturated rings. The van der Waals surface area contributed by atoms with Crippen LogP contribution in [0.1, 0.15) is 30.1 Å². The maximum atomic E-state index is 12.6. The molecule has 0 spiro atoms. The summed E-state index contributed by atoms with van der Waals surface area (Å²) in [5.74, 6) is -0.0346. The van der Waals surface area contributed by atoms with Gasteiger partial charge in [0.05, 0.1) is 19.3 Å². The molecule has 1 aromatic rings. The summed E-state index contributed by atoms with van der Waals surface area (Å²) in [6, 6.07) is 7.18. The number of carbonyl (C=O) groups excluding carboxylic acids is 2. The minimum atomic E-state index is -0.373. The molecular weight excluding hydrogens is 258 g/mol. The van der Waals surface area contributed by atoms with Gasteiger partial charge in [-0.25, -0.2) is 0 Å². The van der Waals surface area contributed by atoms with Gasteiger partial charge in [0, 0.05) is 6.04 Å². The second-order valence-corrected chi connectivity index (χ2v) is 4.67. The van der Waals surface area contributed by atoms with Gasteiger partial charge in [0.2, 0.25) is 0 Å². The monoisotopic (exact) mass is 277 g/mol. The maximum absolute atomic E-state index is 12.6. The summed E-state index contributed by atoms with van der Waals surface area (Å²) in [5.41, 5.74) is 0.478. The summed E-state index contributed by atoms with van der Waals surface area (Å²) >= 11 is 0. The van der Waals surface area contributed by atoms with Crippen LogP contribution in [0.4, 0.5) is 0 Å². The fourth-order valence-electron chi connectivity index (χ4n) is 2.07. The highest BCUT2D eigenvalue weighted by molar-refractivity contribution is 5.98. The number of methoxy groups -OCH3 is 1. The predicted octanol–water partition coefficient (Wildman–Crippen LogP) is 1.86. The zero-order chi connectivity index (χ0) is 14.5. The molecule has 0 aliphatic heterocycles. The number of carbonyl (C=O) groups is 2. The Bertz CT molecular complexity index is 496. The van der Waals surface area contributed by atoms with Crippen LogP contribution >= 0.6 is 0 Å². The second-order valence-electron chi connectivity index (χ2n) is 4.67. The first-order chi connectivity index (χ1) is 9.67. The summed E-state index contributed by atoms with van der Waals surface area (Å²) in [7, 11) is 1.53. The van der Waals surface area contributed by atoms with E-state index < -0.39 is 0 Å². The van der Waals surface area contributed by atoms with Gasteiger partial charge in [-0.15, -0.1) is 0 Å². The fourth-order valence-corrected chi connectivity index (χ4v) is 2.07. The molecule has 1 amide bonds. The van der Waals surface area contributed by atoms with Crippen molar-refractivity contribution in [3.63, 3.8) is 0 Å². The van der Waals surface area contributed by atoms with Gasteiger partial charge in [0.1, 0.15) is 12.3 Å². The highest BCUT2D eigenvalue weighted by atomic mass is 16.5. The lowest BCUT2D eigenvalue weighted by molar-refractivity contribution is -0.144. The third kappa shape index (κ3) is 3.29. The Morgan fingerprint density at radius 2 is 2.00 bits per heavy atom. The van der Waals surface area contributed by atoms with Gasteiger partial charge in [-0.3, -0.25) is 9.59 Å². The van der Waals surface area contributed by atoms with Gasteiger partial charge >= 0.3 is 5.97 Å². The van der Waals surface area contributed by atoms with E-state index in [4.69, 9.17) is 9.47 Å². The van der Waals surface area contributed by atoms with E-state index in [-0.39, 0.29) is 24.5 Å². The van der Waals surface area contributed by atoms with Crippen molar-refractivity contribution in [1.29, 1.82) is 0 Å². The Balaban J connectivity index is 2.16. The molecule has 0 atom stereocenters. The van der Waals surface area contributed by atoms with Crippen LogP contribution in [0.2, 0.25) is 0 Å². The van der Waals surface area contributed by atoms with Gasteiger partial charge in [0.25, 0.3) is 5.91 Å². The van der Waals surface area contributed by atoms with Crippen LogP contribution in [0.5, 0.6) is 5.75 Å². The summed E-state index contributed by atoms with van der Waals surface area (Å²) in [6.45, 7) is 2.07. The first-order valence-corrected chi connectivity index (χ1v) is 6.77. The molecule has 0 saturated heterocycles. The van der Waals surface area contributed by atoms with Crippen molar-refractivity contribution in [2.45, 2.75) is 25.8 Å². The molecule has 1 aliphatic rings. The molecule has 0 aromatic heterocycles. The molecular formula is C15H19NO4. The van der Waals surface area contributed by atoms with E-state index in [9.17, 15) is 9.59 Å². The van der Waals surface area contributed by atoms with Crippen LogP contribution in [0, 0.1) is 0 Å². The number of amides is 1.